The molecule has 0 saturated carbocycles. The van der Waals surface area contributed by atoms with Crippen molar-refractivity contribution in [2.45, 2.75) is 163 Å². The molecule has 6 atom stereocenters. The molecule has 0 radical (unpaired) electrons. The second-order valence-electron chi connectivity index (χ2n) is 16.8. The van der Waals surface area contributed by atoms with Gasteiger partial charge in [-0.3, -0.25) is 48.4 Å². The largest absolute Gasteiger partial charge is 0.481 e. The third-order valence-electron chi connectivity index (χ3n) is 9.80. The van der Waals surface area contributed by atoms with E-state index in [1.807, 2.05) is 6.08 Å². The number of nitrogens with one attached hydrogen (secondary N) is 4. The van der Waals surface area contributed by atoms with E-state index in [1.54, 1.807) is 33.8 Å². The first-order valence-corrected chi connectivity index (χ1v) is 24.9. The third kappa shape index (κ3) is 29.7. The van der Waals surface area contributed by atoms with E-state index in [1.165, 1.54) is 23.9 Å². The van der Waals surface area contributed by atoms with Crippen LogP contribution in [-0.4, -0.2) is 138 Å². The smallest absolute Gasteiger partial charge is 0.325 e. The maximum absolute atomic E-state index is 12.9. The summed E-state index contributed by atoms with van der Waals surface area (Å²) in [6.45, 7) is 16.9. The van der Waals surface area contributed by atoms with Gasteiger partial charge in [0, 0.05) is 25.9 Å². The fourth-order valence-corrected chi connectivity index (χ4v) is 6.37. The number of aliphatic hydroxyl groups excluding tert-OH is 1. The van der Waals surface area contributed by atoms with Crippen LogP contribution in [0.15, 0.2) is 25.3 Å². The normalized spacial score (nSPS) is 17.8. The number of ether oxygens (including phenoxy) is 3. The number of hydrazine groups is 2. The molecule has 2 saturated heterocycles. The van der Waals surface area contributed by atoms with Gasteiger partial charge in [0.2, 0.25) is 13.5 Å². The SMILES string of the molecule is C=CCCCCC(=O)O.C=CCCCCC(=O)O[C@H](C(=O)N[C@@H](C)C(=O)N1CCC[C@@H](C(=O)OCC(Cl)(Cl)Cl)N1)C(C)C.CC(C)[C@H](O)C(=O)N[C@@H](C)C(=O)N1CCC[C@@H](C(=O)OCC(Cl)(Cl)Cl)N1. The minimum Gasteiger partial charge on any atom is -0.481 e. The van der Waals surface area contributed by atoms with E-state index in [0.717, 1.165) is 32.1 Å². The zero-order valence-corrected chi connectivity index (χ0v) is 44.6. The molecule has 0 aromatic carbocycles. The number of carboxylic acid groups (broad SMARTS) is 1. The number of esters is 3. The number of carbonyl (C=O) groups excluding carboxylic acids is 7. The summed E-state index contributed by atoms with van der Waals surface area (Å²) in [5.74, 6) is -5.11. The van der Waals surface area contributed by atoms with Gasteiger partial charge < -0.3 is 35.1 Å². The van der Waals surface area contributed by atoms with Crippen LogP contribution in [0.25, 0.3) is 0 Å². The van der Waals surface area contributed by atoms with Crippen LogP contribution in [0.3, 0.4) is 0 Å². The number of amides is 4. The number of allylic oxidation sites excluding steroid dienone is 2. The third-order valence-corrected chi connectivity index (χ3v) is 10.5. The predicted molar refractivity (Wildman–Crippen MR) is 264 cm³/mol. The fraction of sp³-hybridized carbons (Fsp3) is 0.727. The first-order chi connectivity index (χ1) is 32.0. The number of halogens is 6. The Kier molecular flexibility index (Phi) is 32.7. The Bertz CT molecular complexity index is 1680. The number of carbonyl (C=O) groups is 8. The molecule has 0 spiro atoms. The number of aliphatic hydroxyl groups is 1. The maximum Gasteiger partial charge on any atom is 0.325 e. The monoisotopic (exact) mass is 1100 g/mol. The average molecular weight is 1100 g/mol. The van der Waals surface area contributed by atoms with Gasteiger partial charge in [0.05, 0.1) is 0 Å². The minimum absolute atomic E-state index is 0.201. The van der Waals surface area contributed by atoms with Crippen LogP contribution in [0.1, 0.15) is 119 Å². The average Bonchev–Trinajstić information content (AvgIpc) is 3.28. The molecule has 0 aliphatic carbocycles. The van der Waals surface area contributed by atoms with Crippen molar-refractivity contribution in [3.05, 3.63) is 25.3 Å². The highest BCUT2D eigenvalue weighted by Gasteiger charge is 2.36. The van der Waals surface area contributed by atoms with Crippen LogP contribution in [0.4, 0.5) is 0 Å². The van der Waals surface area contributed by atoms with Crippen molar-refractivity contribution in [3.63, 3.8) is 0 Å². The molecule has 396 valence electrons. The number of carboxylic acids is 1. The molecule has 0 unspecified atom stereocenters. The number of hydrogen-bond acceptors (Lipinski definition) is 14. The van der Waals surface area contributed by atoms with Crippen molar-refractivity contribution in [1.29, 1.82) is 0 Å². The second kappa shape index (κ2) is 34.3. The standard InChI is InChI=1S/C22H34Cl3N3O6.C15H24Cl3N3O5.C7H12O2/c1-5-6-7-8-11-17(29)34-18(14(2)3)19(30)26-15(4)20(31)28-12-9-10-16(27-28)21(32)33-13-22(23,24)25;1-8(2)11(22)12(23)19-9(3)13(24)21-6-4-5-10(20-21)14(25)26-7-15(16,17)18;1-2-3-4-5-6-7(8)9/h5,14-16,18,27H,1,6-13H2,2-4H3,(H,26,30);8-11,20,22H,4-7H2,1-3H3,(H,19,23);2H,1,3-6H2,(H,8,9)/t15-,16-,18-;9-,10-,11-;/m00./s1. The Morgan fingerprint density at radius 3 is 1.43 bits per heavy atom. The van der Waals surface area contributed by atoms with Gasteiger partial charge in [-0.25, -0.2) is 10.9 Å². The van der Waals surface area contributed by atoms with E-state index >= 15 is 0 Å². The number of rotatable bonds is 23. The summed E-state index contributed by atoms with van der Waals surface area (Å²) in [6.07, 6.45) is 8.70. The quantitative estimate of drug-likeness (QED) is 0.0227. The van der Waals surface area contributed by atoms with E-state index in [-0.39, 0.29) is 24.7 Å². The minimum atomic E-state index is -1.74. The Balaban J connectivity index is 0.00000116. The predicted octanol–water partition coefficient (Wildman–Crippen LogP) is 5.95. The summed E-state index contributed by atoms with van der Waals surface area (Å²) in [6, 6.07) is -3.36. The van der Waals surface area contributed by atoms with E-state index in [2.05, 4.69) is 34.6 Å². The van der Waals surface area contributed by atoms with Gasteiger partial charge in [-0.05, 0) is 89.9 Å². The molecule has 0 bridgehead atoms. The van der Waals surface area contributed by atoms with Gasteiger partial charge >= 0.3 is 23.9 Å². The van der Waals surface area contributed by atoms with Gasteiger partial charge in [-0.2, -0.15) is 0 Å². The van der Waals surface area contributed by atoms with Crippen LogP contribution in [0, 0.1) is 11.8 Å². The maximum atomic E-state index is 12.9. The van der Waals surface area contributed by atoms with Gasteiger partial charge in [0.15, 0.2) is 6.10 Å². The van der Waals surface area contributed by atoms with Crippen LogP contribution >= 0.6 is 69.6 Å². The summed E-state index contributed by atoms with van der Waals surface area (Å²) >= 11 is 33.4. The topological polar surface area (TPSA) is 259 Å². The van der Waals surface area contributed by atoms with Crippen molar-refractivity contribution < 1.29 is 62.8 Å². The molecule has 2 fully saturated rings. The number of alkyl halides is 6. The fourth-order valence-electron chi connectivity index (χ4n) is 6.04. The van der Waals surface area contributed by atoms with E-state index in [4.69, 9.17) is 88.9 Å². The summed E-state index contributed by atoms with van der Waals surface area (Å²) in [7, 11) is 0. The number of unbranched alkanes of at least 4 members (excludes halogenated alkanes) is 4. The zero-order valence-electron chi connectivity index (χ0n) is 40.0. The van der Waals surface area contributed by atoms with E-state index in [9.17, 15) is 43.5 Å². The highest BCUT2D eigenvalue weighted by molar-refractivity contribution is 6.68. The molecule has 2 aliphatic rings. The summed E-state index contributed by atoms with van der Waals surface area (Å²) in [4.78, 5) is 96.2. The molecule has 25 heteroatoms. The Hall–Kier alpha value is -3.14. The summed E-state index contributed by atoms with van der Waals surface area (Å²) < 4.78 is 11.8. The first kappa shape index (κ1) is 65.9. The lowest BCUT2D eigenvalue weighted by molar-refractivity contribution is -0.159. The lowest BCUT2D eigenvalue weighted by Gasteiger charge is -2.34. The molecular weight excluding hydrogens is 1030 g/mol. The molecular formula is C44H70Cl6N6O13. The van der Waals surface area contributed by atoms with Gasteiger partial charge in [0.25, 0.3) is 17.7 Å². The molecule has 6 N–H and O–H groups in total. The van der Waals surface area contributed by atoms with Gasteiger partial charge in [-0.1, -0.05) is 109 Å². The molecule has 0 aromatic heterocycles. The van der Waals surface area contributed by atoms with Crippen LogP contribution in [0.2, 0.25) is 0 Å². The Morgan fingerprint density at radius 1 is 0.667 bits per heavy atom. The van der Waals surface area contributed by atoms with Crippen molar-refractivity contribution in [1.82, 2.24) is 31.5 Å². The molecule has 2 aliphatic heterocycles. The number of hydrogen-bond donors (Lipinski definition) is 6. The Morgan fingerprint density at radius 2 is 1.07 bits per heavy atom. The van der Waals surface area contributed by atoms with Gasteiger partial charge in [-0.15, -0.1) is 13.2 Å². The number of aliphatic carboxylic acids is 1. The molecule has 2 rings (SSSR count). The molecule has 4 amide bonds. The van der Waals surface area contributed by atoms with E-state index in [0.29, 0.717) is 45.2 Å². The molecule has 2 heterocycles. The summed E-state index contributed by atoms with van der Waals surface area (Å²) in [5.41, 5.74) is 5.56. The van der Waals surface area contributed by atoms with Crippen molar-refractivity contribution in [2.24, 2.45) is 11.8 Å². The molecule has 0 aromatic rings. The van der Waals surface area contributed by atoms with Crippen LogP contribution < -0.4 is 21.5 Å². The van der Waals surface area contributed by atoms with Crippen LogP contribution in [-0.2, 0) is 52.6 Å². The highest BCUT2D eigenvalue weighted by Crippen LogP contribution is 2.27. The summed E-state index contributed by atoms with van der Waals surface area (Å²) in [5, 5.41) is 25.5. The lowest BCUT2D eigenvalue weighted by Crippen LogP contribution is -2.60. The van der Waals surface area contributed by atoms with Crippen molar-refractivity contribution in [3.8, 4) is 0 Å². The Labute approximate surface area is 435 Å². The first-order valence-electron chi connectivity index (χ1n) is 22.6. The van der Waals surface area contributed by atoms with E-state index < -0.39 is 105 Å². The van der Waals surface area contributed by atoms with Crippen molar-refractivity contribution in [2.75, 3.05) is 26.3 Å². The second-order valence-corrected chi connectivity index (χ2v) is 21.9. The van der Waals surface area contributed by atoms with Crippen LogP contribution in [0.5, 0.6) is 0 Å². The molecule has 19 nitrogen and oxygen atoms in total. The van der Waals surface area contributed by atoms with Gasteiger partial charge in [0.1, 0.15) is 43.5 Å². The van der Waals surface area contributed by atoms with Crippen molar-refractivity contribution >= 4 is 117 Å². The molecule has 69 heavy (non-hydrogen) atoms. The number of nitrogens with zero attached hydrogens (tertiary/aromatic N) is 2. The lowest BCUT2D eigenvalue weighted by atomic mass is 10.1. The zero-order chi connectivity index (χ0) is 53.1. The highest BCUT2D eigenvalue weighted by atomic mass is 35.6.